The van der Waals surface area contributed by atoms with Crippen molar-refractivity contribution in [2.45, 2.75) is 13.3 Å². The number of benzene rings is 2. The van der Waals surface area contributed by atoms with E-state index in [-0.39, 0.29) is 17.7 Å². The molecule has 0 spiro atoms. The Morgan fingerprint density at radius 3 is 2.40 bits per heavy atom. The average Bonchev–Trinajstić information content (AvgIpc) is 2.41. The smallest absolute Gasteiger partial charge is 0.272 e. The lowest BCUT2D eigenvalue weighted by molar-refractivity contribution is -0.385. The molecule has 0 fully saturated rings. The second-order valence-corrected chi connectivity index (χ2v) is 4.51. The van der Waals surface area contributed by atoms with Crippen LogP contribution in [0.5, 0.6) is 0 Å². The molecule has 2 aromatic carbocycles. The third kappa shape index (κ3) is 3.06. The van der Waals surface area contributed by atoms with Crippen molar-refractivity contribution in [2.24, 2.45) is 0 Å². The SMILES string of the molecule is Cc1ccc(CC(=O)c2ccc([N+](=O)[O-])cc2F)cc1. The number of nitro benzene ring substituents is 1. The quantitative estimate of drug-likeness (QED) is 0.487. The van der Waals surface area contributed by atoms with Gasteiger partial charge in [-0.2, -0.15) is 0 Å². The first-order valence-electron chi connectivity index (χ1n) is 6.00. The van der Waals surface area contributed by atoms with Crippen LogP contribution in [0.25, 0.3) is 0 Å². The molecule has 0 aliphatic rings. The van der Waals surface area contributed by atoms with Crippen LogP contribution < -0.4 is 0 Å². The van der Waals surface area contributed by atoms with Gasteiger partial charge in [-0.3, -0.25) is 14.9 Å². The maximum atomic E-state index is 13.7. The second-order valence-electron chi connectivity index (χ2n) is 4.51. The van der Waals surface area contributed by atoms with Crippen molar-refractivity contribution in [1.82, 2.24) is 0 Å². The Hall–Kier alpha value is -2.56. The van der Waals surface area contributed by atoms with Gasteiger partial charge in [0.1, 0.15) is 5.82 Å². The fourth-order valence-corrected chi connectivity index (χ4v) is 1.83. The molecule has 2 aromatic rings. The number of nitrogens with zero attached hydrogens (tertiary/aromatic N) is 1. The predicted molar refractivity (Wildman–Crippen MR) is 72.3 cm³/mol. The summed E-state index contributed by atoms with van der Waals surface area (Å²) in [4.78, 5) is 21.8. The molecule has 0 saturated carbocycles. The molecule has 0 heterocycles. The minimum atomic E-state index is -0.865. The van der Waals surface area contributed by atoms with Gasteiger partial charge in [-0.1, -0.05) is 29.8 Å². The summed E-state index contributed by atoms with van der Waals surface area (Å²) in [7, 11) is 0. The van der Waals surface area contributed by atoms with Gasteiger partial charge >= 0.3 is 0 Å². The van der Waals surface area contributed by atoms with Gasteiger partial charge in [0, 0.05) is 12.5 Å². The molecular weight excluding hydrogens is 261 g/mol. The van der Waals surface area contributed by atoms with Gasteiger partial charge in [0.2, 0.25) is 0 Å². The molecule has 4 nitrogen and oxygen atoms in total. The highest BCUT2D eigenvalue weighted by atomic mass is 19.1. The second kappa shape index (κ2) is 5.61. The number of ketones is 1. The van der Waals surface area contributed by atoms with Gasteiger partial charge < -0.3 is 0 Å². The van der Waals surface area contributed by atoms with Crippen molar-refractivity contribution < 1.29 is 14.1 Å². The lowest BCUT2D eigenvalue weighted by Gasteiger charge is -2.03. The van der Waals surface area contributed by atoms with E-state index in [0.29, 0.717) is 0 Å². The zero-order valence-electron chi connectivity index (χ0n) is 10.8. The molecule has 0 unspecified atom stereocenters. The van der Waals surface area contributed by atoms with E-state index in [0.717, 1.165) is 29.3 Å². The minimum absolute atomic E-state index is 0.0645. The predicted octanol–water partition coefficient (Wildman–Crippen LogP) is 3.47. The van der Waals surface area contributed by atoms with Crippen LogP contribution in [0.1, 0.15) is 21.5 Å². The van der Waals surface area contributed by atoms with Crippen molar-refractivity contribution >= 4 is 11.5 Å². The van der Waals surface area contributed by atoms with E-state index in [9.17, 15) is 19.3 Å². The van der Waals surface area contributed by atoms with E-state index in [1.807, 2.05) is 19.1 Å². The lowest BCUT2D eigenvalue weighted by atomic mass is 10.0. The van der Waals surface area contributed by atoms with Crippen LogP contribution in [-0.2, 0) is 6.42 Å². The number of carbonyl (C=O) groups excluding carboxylic acids is 1. The van der Waals surface area contributed by atoms with Gasteiger partial charge in [0.15, 0.2) is 5.78 Å². The highest BCUT2D eigenvalue weighted by molar-refractivity contribution is 5.97. The van der Waals surface area contributed by atoms with Crippen molar-refractivity contribution in [1.29, 1.82) is 0 Å². The Kier molecular flexibility index (Phi) is 3.89. The first-order valence-corrected chi connectivity index (χ1v) is 6.00. The summed E-state index contributed by atoms with van der Waals surface area (Å²) in [5, 5.41) is 10.5. The van der Waals surface area contributed by atoms with Gasteiger partial charge in [-0.15, -0.1) is 0 Å². The molecule has 2 rings (SSSR count). The van der Waals surface area contributed by atoms with Crippen LogP contribution >= 0.6 is 0 Å². The standard InChI is InChI=1S/C15H12FNO3/c1-10-2-4-11(5-3-10)8-15(18)13-7-6-12(17(19)20)9-14(13)16/h2-7,9H,8H2,1H3. The molecule has 0 saturated heterocycles. The summed E-state index contributed by atoms with van der Waals surface area (Å²) in [5.41, 5.74) is 1.35. The molecule has 0 amide bonds. The fourth-order valence-electron chi connectivity index (χ4n) is 1.83. The Morgan fingerprint density at radius 1 is 1.20 bits per heavy atom. The molecule has 20 heavy (non-hydrogen) atoms. The molecule has 0 bridgehead atoms. The number of halogens is 1. The van der Waals surface area contributed by atoms with Crippen LogP contribution in [0.4, 0.5) is 10.1 Å². The molecule has 0 aliphatic carbocycles. The molecular formula is C15H12FNO3. The van der Waals surface area contributed by atoms with E-state index < -0.39 is 16.5 Å². The summed E-state index contributed by atoms with van der Waals surface area (Å²) in [6.45, 7) is 1.93. The average molecular weight is 273 g/mol. The first-order chi connectivity index (χ1) is 9.47. The molecule has 0 aromatic heterocycles. The van der Waals surface area contributed by atoms with Gasteiger partial charge in [0.05, 0.1) is 16.6 Å². The monoisotopic (exact) mass is 273 g/mol. The number of hydrogen-bond acceptors (Lipinski definition) is 3. The van der Waals surface area contributed by atoms with Crippen LogP contribution in [0, 0.1) is 22.9 Å². The molecule has 0 N–H and O–H groups in total. The molecule has 102 valence electrons. The van der Waals surface area contributed by atoms with Gasteiger partial charge in [-0.25, -0.2) is 4.39 Å². The molecule has 0 radical (unpaired) electrons. The Balaban J connectivity index is 2.21. The van der Waals surface area contributed by atoms with Crippen molar-refractivity contribution in [3.63, 3.8) is 0 Å². The van der Waals surface area contributed by atoms with Gasteiger partial charge in [-0.05, 0) is 18.6 Å². The lowest BCUT2D eigenvalue weighted by Crippen LogP contribution is -2.06. The number of rotatable bonds is 4. The fraction of sp³-hybridized carbons (Fsp3) is 0.133. The third-order valence-electron chi connectivity index (χ3n) is 2.95. The highest BCUT2D eigenvalue weighted by Gasteiger charge is 2.16. The number of carbonyl (C=O) groups is 1. The van der Waals surface area contributed by atoms with E-state index >= 15 is 0 Å². The Labute approximate surface area is 115 Å². The summed E-state index contributed by atoms with van der Waals surface area (Å²) >= 11 is 0. The number of hydrogen-bond donors (Lipinski definition) is 0. The maximum Gasteiger partial charge on any atom is 0.272 e. The zero-order chi connectivity index (χ0) is 14.7. The van der Waals surface area contributed by atoms with Gasteiger partial charge in [0.25, 0.3) is 5.69 Å². The summed E-state index contributed by atoms with van der Waals surface area (Å²) in [6.07, 6.45) is 0.0645. The number of nitro groups is 1. The van der Waals surface area contributed by atoms with Crippen molar-refractivity contribution in [2.75, 3.05) is 0 Å². The number of Topliss-reactive ketones (excluding diaryl/α,β-unsaturated/α-hetero) is 1. The Morgan fingerprint density at radius 2 is 1.85 bits per heavy atom. The van der Waals surface area contributed by atoms with Crippen molar-refractivity contribution in [3.05, 3.63) is 75.1 Å². The molecule has 5 heteroatoms. The van der Waals surface area contributed by atoms with Crippen LogP contribution in [0.2, 0.25) is 0 Å². The topological polar surface area (TPSA) is 60.2 Å². The largest absolute Gasteiger partial charge is 0.294 e. The first kappa shape index (κ1) is 13.9. The summed E-state index contributed by atoms with van der Waals surface area (Å²) in [6, 6.07) is 10.4. The van der Waals surface area contributed by atoms with E-state index in [1.165, 1.54) is 0 Å². The maximum absolute atomic E-state index is 13.7. The van der Waals surface area contributed by atoms with E-state index in [4.69, 9.17) is 0 Å². The minimum Gasteiger partial charge on any atom is -0.294 e. The highest BCUT2D eigenvalue weighted by Crippen LogP contribution is 2.18. The molecule has 0 atom stereocenters. The van der Waals surface area contributed by atoms with Crippen LogP contribution in [0.3, 0.4) is 0 Å². The third-order valence-corrected chi connectivity index (χ3v) is 2.95. The molecule has 0 aliphatic heterocycles. The van der Waals surface area contributed by atoms with Crippen LogP contribution in [-0.4, -0.2) is 10.7 Å². The van der Waals surface area contributed by atoms with E-state index in [1.54, 1.807) is 12.1 Å². The summed E-state index contributed by atoms with van der Waals surface area (Å²) in [5.74, 6) is -1.27. The normalized spacial score (nSPS) is 10.3. The Bertz CT molecular complexity index is 665. The number of non-ortho nitro benzene ring substituents is 1. The summed E-state index contributed by atoms with van der Waals surface area (Å²) < 4.78 is 13.7. The number of aryl methyl sites for hydroxylation is 1. The zero-order valence-corrected chi connectivity index (χ0v) is 10.8. The van der Waals surface area contributed by atoms with Crippen LogP contribution in [0.15, 0.2) is 42.5 Å². The van der Waals surface area contributed by atoms with Crippen molar-refractivity contribution in [3.8, 4) is 0 Å². The van der Waals surface area contributed by atoms with E-state index in [2.05, 4.69) is 0 Å².